The van der Waals surface area contributed by atoms with E-state index in [-0.39, 0.29) is 6.23 Å². The minimum atomic E-state index is -0.357. The van der Waals surface area contributed by atoms with Gasteiger partial charge in [0.25, 0.3) is 0 Å². The van der Waals surface area contributed by atoms with Crippen LogP contribution in [0.15, 0.2) is 24.3 Å². The average Bonchev–Trinajstić information content (AvgIpc) is 2.04. The highest BCUT2D eigenvalue weighted by atomic mass is 16.3. The maximum atomic E-state index is 9.24. The molecule has 1 atom stereocenters. The largest absolute Gasteiger partial charge is 0.374 e. The summed E-state index contributed by atoms with van der Waals surface area (Å²) in [5.74, 6) is 0. The second-order valence-electron chi connectivity index (χ2n) is 2.86. The van der Waals surface area contributed by atoms with E-state index in [4.69, 9.17) is 0 Å². The molecule has 0 saturated heterocycles. The summed E-state index contributed by atoms with van der Waals surface area (Å²) in [6.07, 6.45) is 1.44. The maximum absolute atomic E-state index is 9.24. The predicted molar refractivity (Wildman–Crippen MR) is 44.4 cm³/mol. The topological polar surface area (TPSA) is 32.3 Å². The number of hydrogen-bond donors (Lipinski definition) is 2. The van der Waals surface area contributed by atoms with Crippen molar-refractivity contribution in [2.45, 2.75) is 19.1 Å². The van der Waals surface area contributed by atoms with Crippen LogP contribution in [-0.2, 0) is 6.42 Å². The Morgan fingerprint density at radius 2 is 2.18 bits per heavy atom. The highest BCUT2D eigenvalue weighted by Crippen LogP contribution is 2.22. The first-order valence-electron chi connectivity index (χ1n) is 3.89. The van der Waals surface area contributed by atoms with Crippen molar-refractivity contribution < 1.29 is 5.11 Å². The van der Waals surface area contributed by atoms with E-state index in [2.05, 4.69) is 11.4 Å². The fourth-order valence-electron chi connectivity index (χ4n) is 1.42. The predicted octanol–water partition coefficient (Wildman–Crippen LogP) is 1.36. The molecule has 2 N–H and O–H groups in total. The van der Waals surface area contributed by atoms with Crippen LogP contribution in [-0.4, -0.2) is 11.3 Å². The van der Waals surface area contributed by atoms with E-state index < -0.39 is 0 Å². The van der Waals surface area contributed by atoms with Crippen LogP contribution in [0.2, 0.25) is 0 Å². The van der Waals surface area contributed by atoms with E-state index in [0.29, 0.717) is 0 Å². The van der Waals surface area contributed by atoms with Crippen LogP contribution in [0.5, 0.6) is 0 Å². The number of nitrogens with one attached hydrogen (secondary N) is 1. The lowest BCUT2D eigenvalue weighted by Crippen LogP contribution is -2.24. The third-order valence-corrected chi connectivity index (χ3v) is 2.03. The summed E-state index contributed by atoms with van der Waals surface area (Å²) in [5.41, 5.74) is 2.38. The molecule has 1 aliphatic rings. The molecule has 0 aromatic heterocycles. The minimum absolute atomic E-state index is 0.357. The quantitative estimate of drug-likeness (QED) is 0.583. The van der Waals surface area contributed by atoms with Gasteiger partial charge in [-0.25, -0.2) is 0 Å². The molecule has 2 nitrogen and oxygen atoms in total. The van der Waals surface area contributed by atoms with E-state index in [0.717, 1.165) is 18.5 Å². The smallest absolute Gasteiger partial charge is 0.124 e. The maximum Gasteiger partial charge on any atom is 0.124 e. The molecule has 0 spiro atoms. The van der Waals surface area contributed by atoms with E-state index >= 15 is 0 Å². The number of para-hydroxylation sites is 1. The molecule has 0 amide bonds. The third kappa shape index (κ3) is 1.21. The highest BCUT2D eigenvalue weighted by Gasteiger charge is 2.13. The molecule has 1 aromatic rings. The summed E-state index contributed by atoms with van der Waals surface area (Å²) in [4.78, 5) is 0. The van der Waals surface area contributed by atoms with E-state index in [1.165, 1.54) is 5.56 Å². The van der Waals surface area contributed by atoms with Crippen molar-refractivity contribution in [3.63, 3.8) is 0 Å². The highest BCUT2D eigenvalue weighted by molar-refractivity contribution is 5.53. The molecule has 0 aliphatic carbocycles. The van der Waals surface area contributed by atoms with Gasteiger partial charge in [0.05, 0.1) is 0 Å². The van der Waals surface area contributed by atoms with Crippen LogP contribution >= 0.6 is 0 Å². The second-order valence-corrected chi connectivity index (χ2v) is 2.86. The first-order chi connectivity index (χ1) is 5.36. The number of fused-ring (bicyclic) bond motifs is 1. The van der Waals surface area contributed by atoms with Gasteiger partial charge < -0.3 is 10.4 Å². The zero-order valence-electron chi connectivity index (χ0n) is 6.25. The lowest BCUT2D eigenvalue weighted by Gasteiger charge is -2.22. The molecular formula is C9H11NO. The SMILES string of the molecule is O[C@H]1CCc2ccccc2N1. The van der Waals surface area contributed by atoms with Crippen molar-refractivity contribution in [2.24, 2.45) is 0 Å². The lowest BCUT2D eigenvalue weighted by molar-refractivity contribution is 0.189. The molecule has 0 fully saturated rings. The molecule has 11 heavy (non-hydrogen) atoms. The fourth-order valence-corrected chi connectivity index (χ4v) is 1.42. The Balaban J connectivity index is 2.34. The third-order valence-electron chi connectivity index (χ3n) is 2.03. The summed E-state index contributed by atoms with van der Waals surface area (Å²) < 4.78 is 0. The Morgan fingerprint density at radius 1 is 1.36 bits per heavy atom. The van der Waals surface area contributed by atoms with Crippen molar-refractivity contribution in [3.8, 4) is 0 Å². The first-order valence-corrected chi connectivity index (χ1v) is 3.89. The average molecular weight is 149 g/mol. The number of anilines is 1. The number of benzene rings is 1. The van der Waals surface area contributed by atoms with Gasteiger partial charge in [-0.05, 0) is 24.5 Å². The number of aryl methyl sites for hydroxylation is 1. The fraction of sp³-hybridized carbons (Fsp3) is 0.333. The van der Waals surface area contributed by atoms with Gasteiger partial charge in [-0.15, -0.1) is 0 Å². The second kappa shape index (κ2) is 2.55. The van der Waals surface area contributed by atoms with Crippen LogP contribution in [0.4, 0.5) is 5.69 Å². The van der Waals surface area contributed by atoms with Gasteiger partial charge in [0.2, 0.25) is 0 Å². The van der Waals surface area contributed by atoms with Crippen LogP contribution in [0.1, 0.15) is 12.0 Å². The molecule has 1 heterocycles. The molecule has 0 saturated carbocycles. The monoisotopic (exact) mass is 149 g/mol. The Hall–Kier alpha value is -1.02. The van der Waals surface area contributed by atoms with Crippen molar-refractivity contribution >= 4 is 5.69 Å². The summed E-state index contributed by atoms with van der Waals surface area (Å²) >= 11 is 0. The van der Waals surface area contributed by atoms with Gasteiger partial charge in [0.15, 0.2) is 0 Å². The molecular weight excluding hydrogens is 138 g/mol. The molecule has 1 aromatic carbocycles. The Bertz CT molecular complexity index is 259. The zero-order chi connectivity index (χ0) is 7.68. The van der Waals surface area contributed by atoms with Crippen molar-refractivity contribution in [1.82, 2.24) is 0 Å². The van der Waals surface area contributed by atoms with Crippen molar-refractivity contribution in [2.75, 3.05) is 5.32 Å². The lowest BCUT2D eigenvalue weighted by atomic mass is 10.0. The molecule has 0 bridgehead atoms. The first kappa shape index (κ1) is 6.68. The molecule has 2 heteroatoms. The van der Waals surface area contributed by atoms with Crippen LogP contribution in [0, 0.1) is 0 Å². The molecule has 0 radical (unpaired) electrons. The number of hydrogen-bond acceptors (Lipinski definition) is 2. The molecule has 58 valence electrons. The zero-order valence-corrected chi connectivity index (χ0v) is 6.25. The molecule has 0 unspecified atom stereocenters. The molecule has 2 rings (SSSR count). The van der Waals surface area contributed by atoms with Crippen molar-refractivity contribution in [1.29, 1.82) is 0 Å². The molecule has 1 aliphatic heterocycles. The summed E-state index contributed by atoms with van der Waals surface area (Å²) in [5, 5.41) is 12.3. The Morgan fingerprint density at radius 3 is 3.09 bits per heavy atom. The van der Waals surface area contributed by atoms with Gasteiger partial charge in [-0.3, -0.25) is 0 Å². The Labute approximate surface area is 65.9 Å². The van der Waals surface area contributed by atoms with E-state index in [9.17, 15) is 5.11 Å². The number of aliphatic hydroxyl groups is 1. The van der Waals surface area contributed by atoms with E-state index in [1.54, 1.807) is 0 Å². The summed E-state index contributed by atoms with van der Waals surface area (Å²) in [7, 11) is 0. The van der Waals surface area contributed by atoms with Crippen LogP contribution in [0.25, 0.3) is 0 Å². The standard InChI is InChI=1S/C9H11NO/c11-9-6-5-7-3-1-2-4-8(7)10-9/h1-4,9-11H,5-6H2/t9-/m0/s1. The number of aliphatic hydroxyl groups excluding tert-OH is 1. The van der Waals surface area contributed by atoms with Crippen LogP contribution in [0.3, 0.4) is 0 Å². The summed E-state index contributed by atoms with van der Waals surface area (Å²) in [6, 6.07) is 8.09. The van der Waals surface area contributed by atoms with Crippen LogP contribution < -0.4 is 5.32 Å². The normalized spacial score (nSPS) is 22.1. The van der Waals surface area contributed by atoms with Gasteiger partial charge in [-0.1, -0.05) is 18.2 Å². The summed E-state index contributed by atoms with van der Waals surface area (Å²) in [6.45, 7) is 0. The van der Waals surface area contributed by atoms with Gasteiger partial charge >= 0.3 is 0 Å². The van der Waals surface area contributed by atoms with E-state index in [1.807, 2.05) is 18.2 Å². The number of rotatable bonds is 0. The van der Waals surface area contributed by atoms with Gasteiger partial charge in [0, 0.05) is 5.69 Å². The Kier molecular flexibility index (Phi) is 1.55. The van der Waals surface area contributed by atoms with Gasteiger partial charge in [0.1, 0.15) is 6.23 Å². The minimum Gasteiger partial charge on any atom is -0.374 e. The van der Waals surface area contributed by atoms with Crippen molar-refractivity contribution in [3.05, 3.63) is 29.8 Å². The van der Waals surface area contributed by atoms with Gasteiger partial charge in [-0.2, -0.15) is 0 Å².